The average Bonchev–Trinajstić information content (AvgIpc) is 3.22. The number of thiophene rings is 2. The molecule has 0 aliphatic carbocycles. The van der Waals surface area contributed by atoms with E-state index in [4.69, 9.17) is 4.74 Å². The normalized spacial score (nSPS) is 12.1. The summed E-state index contributed by atoms with van der Waals surface area (Å²) in [6, 6.07) is 3.43. The highest BCUT2D eigenvalue weighted by Crippen LogP contribution is 2.26. The van der Waals surface area contributed by atoms with Gasteiger partial charge in [0.15, 0.2) is 11.9 Å². The van der Waals surface area contributed by atoms with E-state index in [0.717, 1.165) is 10.4 Å². The topological polar surface area (TPSA) is 101 Å². The third-order valence-electron chi connectivity index (χ3n) is 3.89. The van der Waals surface area contributed by atoms with Gasteiger partial charge in [0.05, 0.1) is 10.3 Å². The molecule has 0 saturated carbocycles. The van der Waals surface area contributed by atoms with Crippen LogP contribution in [0.15, 0.2) is 22.3 Å². The molecule has 0 aliphatic heterocycles. The van der Waals surface area contributed by atoms with E-state index in [2.05, 4.69) is 15.3 Å². The minimum atomic E-state index is -0.735. The Morgan fingerprint density at radius 3 is 2.85 bits per heavy atom. The number of nitrogens with zero attached hydrogens (tertiary/aromatic N) is 1. The van der Waals surface area contributed by atoms with Crippen molar-refractivity contribution in [3.8, 4) is 0 Å². The molecule has 26 heavy (non-hydrogen) atoms. The second-order valence-corrected chi connectivity index (χ2v) is 7.86. The highest BCUT2D eigenvalue weighted by molar-refractivity contribution is 7.18. The number of aromatic nitrogens is 2. The first-order valence-electron chi connectivity index (χ1n) is 7.88. The molecule has 7 nitrogen and oxygen atoms in total. The number of aromatic amines is 1. The fraction of sp³-hybridized carbons (Fsp3) is 0.294. The van der Waals surface area contributed by atoms with Crippen molar-refractivity contribution in [1.82, 2.24) is 15.3 Å². The van der Waals surface area contributed by atoms with Crippen LogP contribution in [0, 0.1) is 13.8 Å². The van der Waals surface area contributed by atoms with Crippen molar-refractivity contribution in [2.24, 2.45) is 0 Å². The molecule has 0 unspecified atom stereocenters. The Hall–Kier alpha value is -2.52. The third kappa shape index (κ3) is 3.68. The molecule has 0 fully saturated rings. The van der Waals surface area contributed by atoms with Gasteiger partial charge < -0.3 is 15.0 Å². The van der Waals surface area contributed by atoms with Crippen molar-refractivity contribution in [2.45, 2.75) is 26.9 Å². The molecule has 3 aromatic rings. The summed E-state index contributed by atoms with van der Waals surface area (Å²) >= 11 is 2.72. The van der Waals surface area contributed by atoms with Gasteiger partial charge in [-0.15, -0.1) is 22.7 Å². The van der Waals surface area contributed by atoms with Crippen LogP contribution in [0.5, 0.6) is 0 Å². The number of hydrogen-bond donors (Lipinski definition) is 2. The number of fused-ring (bicyclic) bond motifs is 1. The number of H-pyrrole nitrogens is 1. The van der Waals surface area contributed by atoms with Crippen LogP contribution in [-0.2, 0) is 9.53 Å². The molecule has 3 rings (SSSR count). The molecular weight excluding hydrogens is 374 g/mol. The lowest BCUT2D eigenvalue weighted by Gasteiger charge is -2.12. The molecule has 3 heterocycles. The van der Waals surface area contributed by atoms with Crippen LogP contribution in [0.4, 0.5) is 0 Å². The zero-order valence-electron chi connectivity index (χ0n) is 14.4. The highest BCUT2D eigenvalue weighted by Gasteiger charge is 2.18. The molecule has 1 atom stereocenters. The van der Waals surface area contributed by atoms with Gasteiger partial charge >= 0.3 is 5.97 Å². The maximum Gasteiger partial charge on any atom is 0.326 e. The lowest BCUT2D eigenvalue weighted by atomic mass is 10.2. The van der Waals surface area contributed by atoms with E-state index in [1.807, 2.05) is 13.8 Å². The summed E-state index contributed by atoms with van der Waals surface area (Å²) in [6.45, 7) is 5.17. The summed E-state index contributed by atoms with van der Waals surface area (Å²) in [5.74, 6) is -0.660. The van der Waals surface area contributed by atoms with E-state index in [0.29, 0.717) is 15.1 Å². The van der Waals surface area contributed by atoms with Gasteiger partial charge in [0.25, 0.3) is 11.5 Å². The molecule has 136 valence electrons. The summed E-state index contributed by atoms with van der Waals surface area (Å²) in [6.07, 6.45) is -0.735. The maximum atomic E-state index is 12.3. The summed E-state index contributed by atoms with van der Waals surface area (Å²) < 4.78 is 5.27. The highest BCUT2D eigenvalue weighted by atomic mass is 32.1. The number of ether oxygens (including phenoxy) is 1. The molecule has 0 bridgehead atoms. The molecular formula is C17H17N3O4S2. The van der Waals surface area contributed by atoms with Crippen molar-refractivity contribution in [2.75, 3.05) is 6.54 Å². The zero-order chi connectivity index (χ0) is 18.8. The van der Waals surface area contributed by atoms with E-state index in [1.54, 1.807) is 24.4 Å². The molecule has 2 N–H and O–H groups in total. The number of carbonyl (C=O) groups excluding carboxylic acids is 2. The monoisotopic (exact) mass is 391 g/mol. The first-order chi connectivity index (χ1) is 12.4. The van der Waals surface area contributed by atoms with Crippen molar-refractivity contribution in [3.05, 3.63) is 49.0 Å². The predicted octanol–water partition coefficient (Wildman–Crippen LogP) is 2.70. The van der Waals surface area contributed by atoms with Crippen molar-refractivity contribution in [3.63, 3.8) is 0 Å². The smallest absolute Gasteiger partial charge is 0.326 e. The Balaban J connectivity index is 1.67. The standard InChI is InChI=1S/C17H17N3O4S2/c1-8-10(3)26-17-13(8)16(23)19-14(20-17)9(2)24-12(21)7-18-15(22)11-5-4-6-25-11/h4-6,9H,7H2,1-3H3,(H,18,22)(H,19,20,23)/t9-/m1/s1. The lowest BCUT2D eigenvalue weighted by molar-refractivity contribution is -0.147. The minimum absolute atomic E-state index is 0.249. The van der Waals surface area contributed by atoms with Gasteiger partial charge in [0.2, 0.25) is 0 Å². The first-order valence-corrected chi connectivity index (χ1v) is 9.57. The summed E-state index contributed by atoms with van der Waals surface area (Å²) in [5, 5.41) is 4.85. The molecule has 0 spiro atoms. The Morgan fingerprint density at radius 1 is 1.38 bits per heavy atom. The van der Waals surface area contributed by atoms with Gasteiger partial charge in [-0.2, -0.15) is 0 Å². The van der Waals surface area contributed by atoms with Crippen LogP contribution in [0.25, 0.3) is 10.2 Å². The van der Waals surface area contributed by atoms with E-state index in [-0.39, 0.29) is 23.8 Å². The zero-order valence-corrected chi connectivity index (χ0v) is 16.0. The Bertz CT molecular complexity index is 1020. The number of hydrogen-bond acceptors (Lipinski definition) is 7. The fourth-order valence-electron chi connectivity index (χ4n) is 2.41. The van der Waals surface area contributed by atoms with Crippen molar-refractivity contribution >= 4 is 44.8 Å². The number of esters is 1. The second-order valence-electron chi connectivity index (χ2n) is 5.71. The number of carbonyl (C=O) groups is 2. The Kier molecular flexibility index (Phi) is 5.19. The van der Waals surface area contributed by atoms with Gasteiger partial charge in [-0.05, 0) is 37.8 Å². The second kappa shape index (κ2) is 7.38. The summed E-state index contributed by atoms with van der Waals surface area (Å²) in [4.78, 5) is 45.3. The van der Waals surface area contributed by atoms with Gasteiger partial charge in [-0.25, -0.2) is 4.98 Å². The Labute approximate surface area is 157 Å². The first kappa shape index (κ1) is 18.3. The van der Waals surface area contributed by atoms with Gasteiger partial charge in [0, 0.05) is 4.88 Å². The van der Waals surface area contributed by atoms with Gasteiger partial charge in [-0.3, -0.25) is 14.4 Å². The number of rotatable bonds is 5. The minimum Gasteiger partial charge on any atom is -0.453 e. The largest absolute Gasteiger partial charge is 0.453 e. The van der Waals surface area contributed by atoms with E-state index in [9.17, 15) is 14.4 Å². The lowest BCUT2D eigenvalue weighted by Crippen LogP contribution is -2.31. The third-order valence-corrected chi connectivity index (χ3v) is 5.86. The van der Waals surface area contributed by atoms with Gasteiger partial charge in [0.1, 0.15) is 11.4 Å². The quantitative estimate of drug-likeness (QED) is 0.651. The molecule has 9 heteroatoms. The van der Waals surface area contributed by atoms with Crippen molar-refractivity contribution in [1.29, 1.82) is 0 Å². The summed E-state index contributed by atoms with van der Waals surface area (Å²) in [5.41, 5.74) is 0.659. The number of aryl methyl sites for hydroxylation is 2. The molecule has 0 aliphatic rings. The molecule has 1 amide bonds. The summed E-state index contributed by atoms with van der Waals surface area (Å²) in [7, 11) is 0. The van der Waals surface area contributed by atoms with Crippen LogP contribution >= 0.6 is 22.7 Å². The van der Waals surface area contributed by atoms with Crippen LogP contribution in [0.2, 0.25) is 0 Å². The average molecular weight is 391 g/mol. The molecule has 3 aromatic heterocycles. The molecule has 0 radical (unpaired) electrons. The fourth-order valence-corrected chi connectivity index (χ4v) is 4.08. The van der Waals surface area contributed by atoms with Crippen molar-refractivity contribution < 1.29 is 14.3 Å². The molecule has 0 aromatic carbocycles. The van der Waals surface area contributed by atoms with Gasteiger partial charge in [-0.1, -0.05) is 6.07 Å². The van der Waals surface area contributed by atoms with Crippen LogP contribution in [0.1, 0.15) is 39.0 Å². The maximum absolute atomic E-state index is 12.3. The molecule has 0 saturated heterocycles. The van der Waals surface area contributed by atoms with Crippen LogP contribution in [-0.4, -0.2) is 28.4 Å². The van der Waals surface area contributed by atoms with E-state index in [1.165, 1.54) is 22.7 Å². The number of amides is 1. The SMILES string of the molecule is Cc1sc2nc([C@@H](C)OC(=O)CNC(=O)c3cccs3)[nH]c(=O)c2c1C. The van der Waals surface area contributed by atoms with Crippen LogP contribution < -0.4 is 10.9 Å². The number of nitrogens with one attached hydrogen (secondary N) is 2. The Morgan fingerprint density at radius 2 is 2.15 bits per heavy atom. The van der Waals surface area contributed by atoms with E-state index >= 15 is 0 Å². The predicted molar refractivity (Wildman–Crippen MR) is 101 cm³/mol. The van der Waals surface area contributed by atoms with Crippen LogP contribution in [0.3, 0.4) is 0 Å². The van der Waals surface area contributed by atoms with E-state index < -0.39 is 12.1 Å².